The van der Waals surface area contributed by atoms with E-state index in [2.05, 4.69) is 5.32 Å². The van der Waals surface area contributed by atoms with Gasteiger partial charge >= 0.3 is 0 Å². The predicted molar refractivity (Wildman–Crippen MR) is 73.3 cm³/mol. The van der Waals surface area contributed by atoms with Crippen LogP contribution in [0.4, 0.5) is 5.69 Å². The Bertz CT molecular complexity index is 517. The highest BCUT2D eigenvalue weighted by atomic mass is 16.2. The van der Waals surface area contributed by atoms with Gasteiger partial charge in [-0.1, -0.05) is 0 Å². The van der Waals surface area contributed by atoms with Crippen LogP contribution in [0.2, 0.25) is 0 Å². The van der Waals surface area contributed by atoms with Crippen LogP contribution in [0.25, 0.3) is 0 Å². The third kappa shape index (κ3) is 2.40. The molecule has 1 saturated heterocycles. The van der Waals surface area contributed by atoms with Crippen molar-refractivity contribution in [3.8, 4) is 0 Å². The summed E-state index contributed by atoms with van der Waals surface area (Å²) in [7, 11) is 0. The summed E-state index contributed by atoms with van der Waals surface area (Å²) >= 11 is 0. The molecule has 0 radical (unpaired) electrons. The third-order valence-corrected chi connectivity index (χ3v) is 4.11. The molecule has 1 aromatic carbocycles. The van der Waals surface area contributed by atoms with Crippen molar-refractivity contribution in [2.45, 2.75) is 19.8 Å². The van der Waals surface area contributed by atoms with Crippen molar-refractivity contribution in [1.29, 1.82) is 0 Å². The second kappa shape index (κ2) is 4.46. The topological polar surface area (TPSA) is 49.4 Å². The average Bonchev–Trinajstić information content (AvgIpc) is 3.18. The largest absolute Gasteiger partial charge is 0.311 e. The summed E-state index contributed by atoms with van der Waals surface area (Å²) in [6.45, 7) is 3.67. The van der Waals surface area contributed by atoms with Crippen molar-refractivity contribution in [2.24, 2.45) is 5.41 Å². The molecule has 1 N–H and O–H groups in total. The minimum atomic E-state index is 0.0501. The lowest BCUT2D eigenvalue weighted by Crippen LogP contribution is -2.36. The first-order valence-electron chi connectivity index (χ1n) is 6.72. The first-order valence-corrected chi connectivity index (χ1v) is 6.72. The lowest BCUT2D eigenvalue weighted by atomic mass is 10.1. The smallest absolute Gasteiger partial charge is 0.240 e. The Morgan fingerprint density at radius 2 is 1.95 bits per heavy atom. The Labute approximate surface area is 112 Å². The molecule has 0 unspecified atom stereocenters. The molecule has 0 bridgehead atoms. The molecule has 0 atom stereocenters. The van der Waals surface area contributed by atoms with Gasteiger partial charge in [0.05, 0.1) is 6.54 Å². The molecule has 1 aliphatic carbocycles. The number of nitrogens with zero attached hydrogens (tertiary/aromatic N) is 1. The Hall–Kier alpha value is -1.68. The van der Waals surface area contributed by atoms with E-state index >= 15 is 0 Å². The van der Waals surface area contributed by atoms with Crippen molar-refractivity contribution >= 4 is 17.4 Å². The molecule has 2 fully saturated rings. The maximum absolute atomic E-state index is 12.1. The minimum Gasteiger partial charge on any atom is -0.311 e. The van der Waals surface area contributed by atoms with E-state index < -0.39 is 0 Å². The highest BCUT2D eigenvalue weighted by Crippen LogP contribution is 2.46. The fraction of sp³-hybridized carbons (Fsp3) is 0.467. The SMILES string of the molecule is CC(=O)c1ccc(N2CC3(CC3)CNCC2=O)cc1. The van der Waals surface area contributed by atoms with Crippen LogP contribution < -0.4 is 10.2 Å². The molecular weight excluding hydrogens is 240 g/mol. The number of amides is 1. The van der Waals surface area contributed by atoms with E-state index in [1.807, 2.05) is 17.0 Å². The molecule has 1 aromatic rings. The fourth-order valence-electron chi connectivity index (χ4n) is 2.63. The van der Waals surface area contributed by atoms with Crippen LogP contribution in [-0.4, -0.2) is 31.3 Å². The van der Waals surface area contributed by atoms with Gasteiger partial charge in [-0.3, -0.25) is 9.59 Å². The van der Waals surface area contributed by atoms with Crippen molar-refractivity contribution in [3.63, 3.8) is 0 Å². The monoisotopic (exact) mass is 258 g/mol. The quantitative estimate of drug-likeness (QED) is 0.820. The Kier molecular flexibility index (Phi) is 2.90. The van der Waals surface area contributed by atoms with Gasteiger partial charge in [0.1, 0.15) is 0 Å². The van der Waals surface area contributed by atoms with E-state index in [-0.39, 0.29) is 17.1 Å². The summed E-state index contributed by atoms with van der Waals surface area (Å²) in [5.41, 5.74) is 1.86. The predicted octanol–water partition coefficient (Wildman–Crippen LogP) is 1.61. The first-order chi connectivity index (χ1) is 9.10. The van der Waals surface area contributed by atoms with Crippen LogP contribution in [0, 0.1) is 5.41 Å². The molecule has 3 rings (SSSR count). The number of hydrogen-bond donors (Lipinski definition) is 1. The summed E-state index contributed by atoms with van der Waals surface area (Å²) in [6, 6.07) is 7.33. The molecular formula is C15H18N2O2. The van der Waals surface area contributed by atoms with Crippen LogP contribution in [0.5, 0.6) is 0 Å². The summed E-state index contributed by atoms with van der Waals surface area (Å²) < 4.78 is 0. The number of anilines is 1. The molecule has 1 amide bonds. The van der Waals surface area contributed by atoms with Crippen molar-refractivity contribution in [3.05, 3.63) is 29.8 Å². The molecule has 19 heavy (non-hydrogen) atoms. The van der Waals surface area contributed by atoms with E-state index in [0.717, 1.165) is 18.8 Å². The molecule has 1 spiro atoms. The molecule has 1 heterocycles. The van der Waals surface area contributed by atoms with Crippen LogP contribution in [0.3, 0.4) is 0 Å². The van der Waals surface area contributed by atoms with Gasteiger partial charge in [-0.15, -0.1) is 0 Å². The normalized spacial score (nSPS) is 21.3. The minimum absolute atomic E-state index is 0.0501. The van der Waals surface area contributed by atoms with Gasteiger partial charge in [0.25, 0.3) is 0 Å². The van der Waals surface area contributed by atoms with E-state index in [4.69, 9.17) is 0 Å². The standard InChI is InChI=1S/C15H18N2O2/c1-11(18)12-2-4-13(5-3-12)17-10-15(6-7-15)9-16-8-14(17)19/h2-5,16H,6-10H2,1H3. The zero-order chi connectivity index (χ0) is 13.5. The van der Waals surface area contributed by atoms with Gasteiger partial charge in [-0.05, 0) is 44.0 Å². The van der Waals surface area contributed by atoms with Crippen LogP contribution in [-0.2, 0) is 4.79 Å². The summed E-state index contributed by atoms with van der Waals surface area (Å²) in [4.78, 5) is 25.3. The fourth-order valence-corrected chi connectivity index (χ4v) is 2.63. The zero-order valence-electron chi connectivity index (χ0n) is 11.1. The number of nitrogens with one attached hydrogen (secondary N) is 1. The number of Topliss-reactive ketones (excluding diaryl/α,β-unsaturated/α-hetero) is 1. The Morgan fingerprint density at radius 3 is 2.53 bits per heavy atom. The maximum Gasteiger partial charge on any atom is 0.240 e. The zero-order valence-corrected chi connectivity index (χ0v) is 11.1. The van der Waals surface area contributed by atoms with Crippen LogP contribution in [0.15, 0.2) is 24.3 Å². The third-order valence-electron chi connectivity index (χ3n) is 4.11. The Morgan fingerprint density at radius 1 is 1.26 bits per heavy atom. The van der Waals surface area contributed by atoms with Crippen LogP contribution >= 0.6 is 0 Å². The second-order valence-electron chi connectivity index (χ2n) is 5.69. The number of rotatable bonds is 2. The van der Waals surface area contributed by atoms with Gasteiger partial charge < -0.3 is 10.2 Å². The van der Waals surface area contributed by atoms with E-state index in [1.165, 1.54) is 12.8 Å². The van der Waals surface area contributed by atoms with Gasteiger partial charge in [0.2, 0.25) is 5.91 Å². The molecule has 4 nitrogen and oxygen atoms in total. The van der Waals surface area contributed by atoms with Gasteiger partial charge in [0, 0.05) is 29.8 Å². The van der Waals surface area contributed by atoms with Crippen LogP contribution in [0.1, 0.15) is 30.1 Å². The molecule has 2 aliphatic rings. The molecule has 1 saturated carbocycles. The van der Waals surface area contributed by atoms with Crippen molar-refractivity contribution in [1.82, 2.24) is 5.32 Å². The average molecular weight is 258 g/mol. The van der Waals surface area contributed by atoms with Crippen molar-refractivity contribution < 1.29 is 9.59 Å². The highest BCUT2D eigenvalue weighted by molar-refractivity contribution is 5.97. The van der Waals surface area contributed by atoms with E-state index in [0.29, 0.717) is 12.1 Å². The Balaban J connectivity index is 1.86. The van der Waals surface area contributed by atoms with E-state index in [1.54, 1.807) is 19.1 Å². The molecule has 0 aromatic heterocycles. The molecule has 4 heteroatoms. The summed E-state index contributed by atoms with van der Waals surface area (Å²) in [6.07, 6.45) is 2.38. The molecule has 100 valence electrons. The van der Waals surface area contributed by atoms with Crippen molar-refractivity contribution in [2.75, 3.05) is 24.5 Å². The second-order valence-corrected chi connectivity index (χ2v) is 5.69. The number of carbonyl (C=O) groups excluding carboxylic acids is 2. The number of ketones is 1. The van der Waals surface area contributed by atoms with Gasteiger partial charge in [-0.25, -0.2) is 0 Å². The first kappa shape index (κ1) is 12.4. The summed E-state index contributed by atoms with van der Waals surface area (Å²) in [5.74, 6) is 0.161. The maximum atomic E-state index is 12.1. The van der Waals surface area contributed by atoms with E-state index in [9.17, 15) is 9.59 Å². The van der Waals surface area contributed by atoms with Gasteiger partial charge in [0.15, 0.2) is 5.78 Å². The molecule has 1 aliphatic heterocycles. The highest BCUT2D eigenvalue weighted by Gasteiger charge is 2.46. The number of hydrogen-bond acceptors (Lipinski definition) is 3. The van der Waals surface area contributed by atoms with Gasteiger partial charge in [-0.2, -0.15) is 0 Å². The summed E-state index contributed by atoms with van der Waals surface area (Å²) in [5, 5.41) is 3.23. The lowest BCUT2D eigenvalue weighted by molar-refractivity contribution is -0.117. The number of carbonyl (C=O) groups is 2. The number of benzene rings is 1. The lowest BCUT2D eigenvalue weighted by Gasteiger charge is -2.24.